The Balaban J connectivity index is 1.37. The van der Waals surface area contributed by atoms with Gasteiger partial charge in [0.1, 0.15) is 5.82 Å². The fourth-order valence-corrected chi connectivity index (χ4v) is 4.57. The first-order valence-corrected chi connectivity index (χ1v) is 11.1. The molecule has 1 aliphatic heterocycles. The smallest absolute Gasteiger partial charge is 0.278 e. The summed E-state index contributed by atoms with van der Waals surface area (Å²) in [5.74, 6) is 0.743. The fourth-order valence-electron chi connectivity index (χ4n) is 4.57. The van der Waals surface area contributed by atoms with Crippen molar-refractivity contribution in [3.63, 3.8) is 0 Å². The van der Waals surface area contributed by atoms with Crippen LogP contribution < -0.4 is 9.80 Å². The van der Waals surface area contributed by atoms with Crippen molar-refractivity contribution < 1.29 is 14.1 Å². The summed E-state index contributed by atoms with van der Waals surface area (Å²) in [6.07, 6.45) is 9.29. The molecule has 2 fully saturated rings. The van der Waals surface area contributed by atoms with E-state index in [1.165, 1.54) is 36.3 Å². The molecule has 1 N–H and O–H groups in total. The second-order valence-corrected chi connectivity index (χ2v) is 8.40. The number of carbonyl (C=O) groups is 1. The van der Waals surface area contributed by atoms with Gasteiger partial charge in [-0.3, -0.25) is 4.79 Å². The van der Waals surface area contributed by atoms with Crippen LogP contribution in [0.3, 0.4) is 0 Å². The van der Waals surface area contributed by atoms with Crippen LogP contribution in [0.5, 0.6) is 0 Å². The van der Waals surface area contributed by atoms with E-state index >= 15 is 0 Å². The summed E-state index contributed by atoms with van der Waals surface area (Å²) in [6, 6.07) is 8.68. The molecular weight excluding hydrogens is 381 g/mol. The molecule has 7 heteroatoms. The van der Waals surface area contributed by atoms with Crippen molar-refractivity contribution in [1.82, 2.24) is 14.9 Å². The maximum absolute atomic E-state index is 13.3. The summed E-state index contributed by atoms with van der Waals surface area (Å²) in [6.45, 7) is 4.60. The first-order chi connectivity index (χ1) is 14.7. The van der Waals surface area contributed by atoms with Crippen LogP contribution in [0.25, 0.3) is 0 Å². The van der Waals surface area contributed by atoms with E-state index in [0.29, 0.717) is 19.1 Å². The summed E-state index contributed by atoms with van der Waals surface area (Å²) in [7, 11) is 0. The summed E-state index contributed by atoms with van der Waals surface area (Å²) >= 11 is 0. The lowest BCUT2D eigenvalue weighted by Crippen LogP contribution is -3.16. The van der Waals surface area contributed by atoms with Gasteiger partial charge in [0.05, 0.1) is 26.2 Å². The van der Waals surface area contributed by atoms with Crippen molar-refractivity contribution in [2.24, 2.45) is 0 Å². The molecule has 0 spiro atoms. The van der Waals surface area contributed by atoms with Crippen LogP contribution in [0, 0.1) is 5.82 Å². The highest BCUT2D eigenvalue weighted by Gasteiger charge is 2.30. The van der Waals surface area contributed by atoms with Gasteiger partial charge in [0.2, 0.25) is 5.95 Å². The van der Waals surface area contributed by atoms with Crippen LogP contribution in [-0.4, -0.2) is 59.5 Å². The average Bonchev–Trinajstić information content (AvgIpc) is 2.80. The third kappa shape index (κ3) is 5.33. The van der Waals surface area contributed by atoms with Crippen LogP contribution >= 0.6 is 0 Å². The first-order valence-electron chi connectivity index (χ1n) is 11.1. The van der Waals surface area contributed by atoms with Crippen molar-refractivity contribution in [1.29, 1.82) is 0 Å². The van der Waals surface area contributed by atoms with E-state index in [-0.39, 0.29) is 11.7 Å². The van der Waals surface area contributed by atoms with Gasteiger partial charge in [-0.15, -0.1) is 0 Å². The minimum Gasteiger partial charge on any atom is -0.331 e. The van der Waals surface area contributed by atoms with Crippen LogP contribution in [0.4, 0.5) is 10.3 Å². The van der Waals surface area contributed by atoms with E-state index in [0.717, 1.165) is 50.5 Å². The van der Waals surface area contributed by atoms with Crippen LogP contribution in [0.15, 0.2) is 42.7 Å². The number of carbonyl (C=O) groups excluding carboxylic acids is 1. The van der Waals surface area contributed by atoms with Crippen molar-refractivity contribution in [2.75, 3.05) is 37.6 Å². The lowest BCUT2D eigenvalue weighted by atomic mass is 9.93. The molecule has 0 unspecified atom stereocenters. The Hall–Kier alpha value is -2.54. The lowest BCUT2D eigenvalue weighted by Gasteiger charge is -2.37. The molecule has 2 aromatic rings. The van der Waals surface area contributed by atoms with E-state index in [4.69, 9.17) is 0 Å². The Bertz CT molecular complexity index is 802. The number of hydrogen-bond acceptors (Lipinski definition) is 4. The molecule has 2 heterocycles. The average molecular weight is 413 g/mol. The summed E-state index contributed by atoms with van der Waals surface area (Å²) in [4.78, 5) is 27.6. The normalized spacial score (nSPS) is 18.4. The number of aromatic nitrogens is 2. The number of hydrogen-bond donors (Lipinski definition) is 1. The van der Waals surface area contributed by atoms with Gasteiger partial charge in [0, 0.05) is 25.0 Å². The molecule has 1 saturated heterocycles. The molecule has 0 radical (unpaired) electrons. The van der Waals surface area contributed by atoms with E-state index < -0.39 is 0 Å². The molecule has 2 aliphatic rings. The van der Waals surface area contributed by atoms with Crippen molar-refractivity contribution in [2.45, 2.75) is 44.7 Å². The molecule has 1 aromatic heterocycles. The second-order valence-electron chi connectivity index (χ2n) is 8.40. The van der Waals surface area contributed by atoms with Gasteiger partial charge in [0.15, 0.2) is 6.54 Å². The van der Waals surface area contributed by atoms with Gasteiger partial charge in [0.25, 0.3) is 5.91 Å². The molecule has 0 atom stereocenters. The predicted molar refractivity (Wildman–Crippen MR) is 114 cm³/mol. The maximum Gasteiger partial charge on any atom is 0.278 e. The highest BCUT2D eigenvalue weighted by atomic mass is 19.1. The van der Waals surface area contributed by atoms with Gasteiger partial charge in [-0.05, 0) is 36.6 Å². The van der Waals surface area contributed by atoms with Crippen LogP contribution in [-0.2, 0) is 11.3 Å². The van der Waals surface area contributed by atoms with Crippen molar-refractivity contribution in [3.05, 3.63) is 54.1 Å². The molecule has 6 nitrogen and oxygen atoms in total. The molecule has 160 valence electrons. The number of piperazine rings is 1. The highest BCUT2D eigenvalue weighted by molar-refractivity contribution is 5.77. The van der Waals surface area contributed by atoms with Gasteiger partial charge in [-0.1, -0.05) is 31.4 Å². The topological polar surface area (TPSA) is 53.8 Å². The van der Waals surface area contributed by atoms with E-state index in [1.54, 1.807) is 24.5 Å². The van der Waals surface area contributed by atoms with Crippen molar-refractivity contribution in [3.8, 4) is 0 Å². The number of rotatable bonds is 6. The number of nitrogens with zero attached hydrogens (tertiary/aromatic N) is 4. The minimum absolute atomic E-state index is 0.214. The van der Waals surface area contributed by atoms with Crippen LogP contribution in [0.2, 0.25) is 0 Å². The number of nitrogens with one attached hydrogen (secondary N) is 1. The quantitative estimate of drug-likeness (QED) is 0.785. The van der Waals surface area contributed by atoms with Gasteiger partial charge >= 0.3 is 0 Å². The van der Waals surface area contributed by atoms with E-state index in [2.05, 4.69) is 19.8 Å². The zero-order valence-electron chi connectivity index (χ0n) is 17.5. The van der Waals surface area contributed by atoms with Gasteiger partial charge in [-0.2, -0.15) is 0 Å². The Morgan fingerprint density at radius 2 is 1.73 bits per heavy atom. The molecule has 0 bridgehead atoms. The Labute approximate surface area is 177 Å². The minimum atomic E-state index is -0.237. The molecule has 1 aromatic carbocycles. The number of anilines is 1. The Morgan fingerprint density at radius 3 is 2.40 bits per heavy atom. The van der Waals surface area contributed by atoms with Gasteiger partial charge < -0.3 is 14.7 Å². The van der Waals surface area contributed by atoms with E-state index in [9.17, 15) is 9.18 Å². The summed E-state index contributed by atoms with van der Waals surface area (Å²) in [5, 5.41) is 0. The molecule has 4 rings (SSSR count). The third-order valence-electron chi connectivity index (χ3n) is 6.31. The van der Waals surface area contributed by atoms with Crippen LogP contribution in [0.1, 0.15) is 37.7 Å². The zero-order chi connectivity index (χ0) is 20.8. The fraction of sp³-hybridized carbons (Fsp3) is 0.522. The highest BCUT2D eigenvalue weighted by Crippen LogP contribution is 2.24. The number of quaternary nitrogens is 1. The zero-order valence-corrected chi connectivity index (χ0v) is 17.5. The predicted octanol–water partition coefficient (Wildman–Crippen LogP) is 1.68. The number of benzene rings is 1. The second kappa shape index (κ2) is 9.98. The first kappa shape index (κ1) is 20.7. The third-order valence-corrected chi connectivity index (χ3v) is 6.31. The maximum atomic E-state index is 13.3. The summed E-state index contributed by atoms with van der Waals surface area (Å²) < 4.78 is 13.3. The molecule has 30 heavy (non-hydrogen) atoms. The monoisotopic (exact) mass is 412 g/mol. The largest absolute Gasteiger partial charge is 0.331 e. The molecule has 1 amide bonds. The van der Waals surface area contributed by atoms with Crippen molar-refractivity contribution >= 4 is 11.9 Å². The SMILES string of the molecule is O=C(C[NH+]1CCN(c2ncccn2)CC1)N(Cc1ccc(F)cc1)C1CCCCC1. The Morgan fingerprint density at radius 1 is 1.07 bits per heavy atom. The molecule has 1 aliphatic carbocycles. The Kier molecular flexibility index (Phi) is 6.89. The van der Waals surface area contributed by atoms with E-state index in [1.807, 2.05) is 6.07 Å². The molecular formula is C23H31FN5O+. The standard InChI is InChI=1S/C23H30FN5O/c24-20-9-7-19(8-10-20)17-29(21-5-2-1-3-6-21)22(30)18-27-13-15-28(16-14-27)23-25-11-4-12-26-23/h4,7-12,21H,1-3,5-6,13-18H2/p+1. The molecule has 1 saturated carbocycles. The number of amides is 1. The lowest BCUT2D eigenvalue weighted by molar-refractivity contribution is -0.892. The number of halogens is 1. The summed E-state index contributed by atoms with van der Waals surface area (Å²) in [5.41, 5.74) is 0.997. The van der Waals surface area contributed by atoms with Gasteiger partial charge in [-0.25, -0.2) is 14.4 Å².